The number of rotatable bonds is 6. The minimum absolute atomic E-state index is 0.00551. The minimum Gasteiger partial charge on any atom is -0.482 e. The van der Waals surface area contributed by atoms with Crippen LogP contribution in [-0.2, 0) is 11.3 Å². The molecule has 31 heavy (non-hydrogen) atoms. The van der Waals surface area contributed by atoms with Gasteiger partial charge in [-0.3, -0.25) is 14.3 Å². The molecule has 0 saturated heterocycles. The number of hydrogen-bond acceptors (Lipinski definition) is 6. The second kappa shape index (κ2) is 9.11. The van der Waals surface area contributed by atoms with Gasteiger partial charge in [0.15, 0.2) is 11.4 Å². The highest BCUT2D eigenvalue weighted by Gasteiger charge is 2.30. The van der Waals surface area contributed by atoms with Crippen LogP contribution in [0.25, 0.3) is 0 Å². The predicted molar refractivity (Wildman–Crippen MR) is 116 cm³/mol. The molecular weight excluding hydrogens is 400 g/mol. The molecule has 1 aromatic heterocycles. The van der Waals surface area contributed by atoms with Gasteiger partial charge in [-0.2, -0.15) is 0 Å². The van der Waals surface area contributed by atoms with Crippen LogP contribution in [0, 0.1) is 0 Å². The molecular formula is C22H28N4O5. The standard InChI is InChI=1S/C22H28N4O5/c1-22(2,3)31-21(29)24(4)12-13-25-15-23-26-11-10-17(27)19(18(26)20(25)28)30-14-16-8-6-5-7-9-16/h5-11,23H,12-15H2,1-4H3. The molecule has 2 aromatic rings. The first-order valence-electron chi connectivity index (χ1n) is 10.1. The fraction of sp³-hybridized carbons (Fsp3) is 0.409. The number of ether oxygens (including phenoxy) is 2. The maximum atomic E-state index is 13.1. The Hall–Kier alpha value is -3.49. The number of amides is 2. The average Bonchev–Trinajstić information content (AvgIpc) is 2.72. The summed E-state index contributed by atoms with van der Waals surface area (Å²) in [4.78, 5) is 40.7. The van der Waals surface area contributed by atoms with Gasteiger partial charge in [-0.1, -0.05) is 30.3 Å². The van der Waals surface area contributed by atoms with Crippen LogP contribution in [0.1, 0.15) is 36.8 Å². The maximum Gasteiger partial charge on any atom is 0.410 e. The summed E-state index contributed by atoms with van der Waals surface area (Å²) in [6.45, 7) is 6.33. The fourth-order valence-electron chi connectivity index (χ4n) is 2.99. The van der Waals surface area contributed by atoms with Gasteiger partial charge in [0, 0.05) is 32.4 Å². The summed E-state index contributed by atoms with van der Waals surface area (Å²) in [5.74, 6) is -0.355. The number of carbonyl (C=O) groups excluding carboxylic acids is 2. The van der Waals surface area contributed by atoms with E-state index < -0.39 is 11.7 Å². The first-order chi connectivity index (χ1) is 14.7. The maximum absolute atomic E-state index is 13.1. The molecule has 2 heterocycles. The highest BCUT2D eigenvalue weighted by molar-refractivity contribution is 5.96. The summed E-state index contributed by atoms with van der Waals surface area (Å²) in [5.41, 5.74) is 3.12. The van der Waals surface area contributed by atoms with Crippen LogP contribution in [0.3, 0.4) is 0 Å². The van der Waals surface area contributed by atoms with Crippen molar-refractivity contribution in [1.29, 1.82) is 0 Å². The van der Waals surface area contributed by atoms with E-state index >= 15 is 0 Å². The van der Waals surface area contributed by atoms with Gasteiger partial charge < -0.3 is 24.7 Å². The van der Waals surface area contributed by atoms with Gasteiger partial charge in [0.25, 0.3) is 5.91 Å². The van der Waals surface area contributed by atoms with Crippen LogP contribution >= 0.6 is 0 Å². The van der Waals surface area contributed by atoms with Crippen LogP contribution in [0.15, 0.2) is 47.4 Å². The summed E-state index contributed by atoms with van der Waals surface area (Å²) >= 11 is 0. The molecule has 0 spiro atoms. The van der Waals surface area contributed by atoms with E-state index in [4.69, 9.17) is 9.47 Å². The summed E-state index contributed by atoms with van der Waals surface area (Å²) in [7, 11) is 1.61. The van der Waals surface area contributed by atoms with Crippen LogP contribution in [-0.4, -0.2) is 58.9 Å². The normalized spacial score (nSPS) is 13.3. The number of nitrogens with zero attached hydrogens (tertiary/aromatic N) is 3. The number of fused-ring (bicyclic) bond motifs is 1. The summed E-state index contributed by atoms with van der Waals surface area (Å²) in [6.07, 6.45) is 1.04. The lowest BCUT2D eigenvalue weighted by Gasteiger charge is -2.33. The lowest BCUT2D eigenvalue weighted by molar-refractivity contribution is 0.0276. The Morgan fingerprint density at radius 2 is 1.87 bits per heavy atom. The van der Waals surface area contributed by atoms with Crippen LogP contribution in [0.2, 0.25) is 0 Å². The Morgan fingerprint density at radius 3 is 2.55 bits per heavy atom. The molecule has 9 nitrogen and oxygen atoms in total. The molecule has 1 aromatic carbocycles. The fourth-order valence-corrected chi connectivity index (χ4v) is 2.99. The molecule has 0 unspecified atom stereocenters. The molecule has 0 fully saturated rings. The zero-order valence-corrected chi connectivity index (χ0v) is 18.3. The second-order valence-corrected chi connectivity index (χ2v) is 8.29. The number of nitrogens with one attached hydrogen (secondary N) is 1. The summed E-state index contributed by atoms with van der Waals surface area (Å²) in [6, 6.07) is 10.8. The van der Waals surface area contributed by atoms with Gasteiger partial charge in [0.1, 0.15) is 18.9 Å². The topological polar surface area (TPSA) is 93.1 Å². The highest BCUT2D eigenvalue weighted by atomic mass is 16.6. The van der Waals surface area contributed by atoms with Crippen LogP contribution < -0.4 is 15.6 Å². The zero-order chi connectivity index (χ0) is 22.6. The van der Waals surface area contributed by atoms with Crippen molar-refractivity contribution in [3.8, 4) is 5.75 Å². The predicted octanol–water partition coefficient (Wildman–Crippen LogP) is 2.25. The number of hydrogen-bond donors (Lipinski definition) is 1. The Morgan fingerprint density at radius 1 is 1.16 bits per heavy atom. The largest absolute Gasteiger partial charge is 0.482 e. The molecule has 1 aliphatic rings. The lowest BCUT2D eigenvalue weighted by Crippen LogP contribution is -2.49. The molecule has 0 radical (unpaired) electrons. The Bertz CT molecular complexity index is 997. The van der Waals surface area contributed by atoms with Crippen LogP contribution in [0.4, 0.5) is 4.79 Å². The van der Waals surface area contributed by atoms with Crippen molar-refractivity contribution in [3.63, 3.8) is 0 Å². The van der Waals surface area contributed by atoms with E-state index in [2.05, 4.69) is 5.43 Å². The summed E-state index contributed by atoms with van der Waals surface area (Å²) < 4.78 is 12.6. The van der Waals surface area contributed by atoms with Crippen molar-refractivity contribution < 1.29 is 19.1 Å². The summed E-state index contributed by atoms with van der Waals surface area (Å²) in [5, 5.41) is 0. The molecule has 9 heteroatoms. The third kappa shape index (κ3) is 5.56. The van der Waals surface area contributed by atoms with Gasteiger partial charge in [-0.25, -0.2) is 4.79 Å². The molecule has 0 bridgehead atoms. The van der Waals surface area contributed by atoms with E-state index in [9.17, 15) is 14.4 Å². The Kier molecular flexibility index (Phi) is 6.53. The number of likely N-dealkylation sites (N-methyl/N-ethyl adjacent to an activating group) is 1. The monoisotopic (exact) mass is 428 g/mol. The molecule has 3 rings (SSSR count). The van der Waals surface area contributed by atoms with Gasteiger partial charge >= 0.3 is 6.09 Å². The van der Waals surface area contributed by atoms with Crippen molar-refractivity contribution in [2.45, 2.75) is 33.0 Å². The average molecular weight is 428 g/mol. The molecule has 0 saturated carbocycles. The van der Waals surface area contributed by atoms with Crippen molar-refractivity contribution in [2.24, 2.45) is 0 Å². The molecule has 1 N–H and O–H groups in total. The van der Waals surface area contributed by atoms with Crippen molar-refractivity contribution >= 4 is 12.0 Å². The number of benzene rings is 1. The van der Waals surface area contributed by atoms with Crippen molar-refractivity contribution in [1.82, 2.24) is 14.5 Å². The van der Waals surface area contributed by atoms with E-state index in [1.807, 2.05) is 30.3 Å². The SMILES string of the molecule is CN(CCN1CNn2ccc(=O)c(OCc3ccccc3)c2C1=O)C(=O)OC(C)(C)C. The molecule has 166 valence electrons. The second-order valence-electron chi connectivity index (χ2n) is 8.29. The van der Waals surface area contributed by atoms with E-state index in [0.29, 0.717) is 0 Å². The minimum atomic E-state index is -0.598. The first-order valence-corrected chi connectivity index (χ1v) is 10.1. The number of carbonyl (C=O) groups is 2. The van der Waals surface area contributed by atoms with Crippen molar-refractivity contribution in [2.75, 3.05) is 32.2 Å². The van der Waals surface area contributed by atoms with E-state index in [1.165, 1.54) is 26.7 Å². The van der Waals surface area contributed by atoms with Gasteiger partial charge in [-0.15, -0.1) is 0 Å². The molecule has 1 aliphatic heterocycles. The lowest BCUT2D eigenvalue weighted by atomic mass is 10.2. The van der Waals surface area contributed by atoms with Gasteiger partial charge in [-0.05, 0) is 26.3 Å². The molecule has 0 atom stereocenters. The van der Waals surface area contributed by atoms with E-state index in [1.54, 1.807) is 27.8 Å². The van der Waals surface area contributed by atoms with E-state index in [0.717, 1.165) is 5.56 Å². The third-order valence-electron chi connectivity index (χ3n) is 4.61. The van der Waals surface area contributed by atoms with Gasteiger partial charge in [0.05, 0.1) is 0 Å². The smallest absolute Gasteiger partial charge is 0.410 e. The Labute approximate surface area is 181 Å². The molecule has 0 aliphatic carbocycles. The first kappa shape index (κ1) is 22.2. The Balaban J connectivity index is 1.71. The van der Waals surface area contributed by atoms with Crippen molar-refractivity contribution in [3.05, 3.63) is 64.1 Å². The zero-order valence-electron chi connectivity index (χ0n) is 18.3. The van der Waals surface area contributed by atoms with E-state index in [-0.39, 0.29) is 49.1 Å². The number of aromatic nitrogens is 1. The quantitative estimate of drug-likeness (QED) is 0.759. The number of pyridine rings is 1. The highest BCUT2D eigenvalue weighted by Crippen LogP contribution is 2.19. The van der Waals surface area contributed by atoms with Crippen LogP contribution in [0.5, 0.6) is 5.75 Å². The third-order valence-corrected chi connectivity index (χ3v) is 4.61. The van der Waals surface area contributed by atoms with Gasteiger partial charge in [0.2, 0.25) is 5.43 Å². The molecule has 2 amide bonds.